The van der Waals surface area contributed by atoms with E-state index in [1.807, 2.05) is 12.1 Å². The monoisotopic (exact) mass is 264 g/mol. The topological polar surface area (TPSA) is 0 Å². The van der Waals surface area contributed by atoms with Gasteiger partial charge in [0, 0.05) is 0 Å². The molecule has 0 aromatic heterocycles. The van der Waals surface area contributed by atoms with Crippen LogP contribution in [-0.2, 0) is 6.42 Å². The van der Waals surface area contributed by atoms with E-state index in [1.165, 1.54) is 6.42 Å². The Morgan fingerprint density at radius 1 is 1.07 bits per heavy atom. The third-order valence-corrected chi connectivity index (χ3v) is 3.49. The normalized spacial score (nSPS) is 11.1. The molecule has 15 heavy (non-hydrogen) atoms. The molecule has 1 aromatic rings. The molecule has 1 aromatic carbocycles. The van der Waals surface area contributed by atoms with Crippen molar-refractivity contribution in [3.8, 4) is 0 Å². The molecule has 0 bridgehead atoms. The summed E-state index contributed by atoms with van der Waals surface area (Å²) < 4.78 is 0. The van der Waals surface area contributed by atoms with Gasteiger partial charge in [0.25, 0.3) is 0 Å². The van der Waals surface area contributed by atoms with Gasteiger partial charge in [-0.25, -0.2) is 0 Å². The number of rotatable bonds is 4. The first-order chi connectivity index (χ1) is 7.00. The summed E-state index contributed by atoms with van der Waals surface area (Å²) in [5, 5.41) is 1.54. The lowest BCUT2D eigenvalue weighted by molar-refractivity contribution is 0.556. The highest BCUT2D eigenvalue weighted by atomic mass is 35.5. The number of aryl methyl sites for hydroxylation is 1. The fourth-order valence-corrected chi connectivity index (χ4v) is 2.11. The van der Waals surface area contributed by atoms with E-state index in [-0.39, 0.29) is 0 Å². The van der Waals surface area contributed by atoms with Crippen molar-refractivity contribution in [3.05, 3.63) is 32.8 Å². The van der Waals surface area contributed by atoms with Crippen molar-refractivity contribution in [2.75, 3.05) is 0 Å². The Bertz CT molecular complexity index is 309. The van der Waals surface area contributed by atoms with E-state index in [2.05, 4.69) is 13.8 Å². The Balaban J connectivity index is 2.63. The number of halogens is 3. The highest BCUT2D eigenvalue weighted by Crippen LogP contribution is 2.31. The zero-order chi connectivity index (χ0) is 11.4. The van der Waals surface area contributed by atoms with Crippen LogP contribution in [0.15, 0.2) is 12.1 Å². The van der Waals surface area contributed by atoms with Gasteiger partial charge in [0.1, 0.15) is 0 Å². The Morgan fingerprint density at radius 3 is 2.07 bits per heavy atom. The molecular formula is C12H15Cl3. The average Bonchev–Trinajstić information content (AvgIpc) is 2.13. The lowest BCUT2D eigenvalue weighted by Crippen LogP contribution is -1.91. The third kappa shape index (κ3) is 4.22. The van der Waals surface area contributed by atoms with Crippen LogP contribution in [0.2, 0.25) is 15.1 Å². The van der Waals surface area contributed by atoms with Crippen molar-refractivity contribution in [2.24, 2.45) is 5.92 Å². The smallest absolute Gasteiger partial charge is 0.0778 e. The molecule has 3 heteroatoms. The molecule has 0 aliphatic heterocycles. The lowest BCUT2D eigenvalue weighted by atomic mass is 10.0. The van der Waals surface area contributed by atoms with E-state index >= 15 is 0 Å². The van der Waals surface area contributed by atoms with Crippen LogP contribution < -0.4 is 0 Å². The molecule has 0 atom stereocenters. The van der Waals surface area contributed by atoms with Gasteiger partial charge in [-0.1, -0.05) is 55.1 Å². The van der Waals surface area contributed by atoms with Gasteiger partial charge in [0.15, 0.2) is 0 Å². The summed E-state index contributed by atoms with van der Waals surface area (Å²) in [5.41, 5.74) is 1.16. The maximum Gasteiger partial charge on any atom is 0.0778 e. The summed E-state index contributed by atoms with van der Waals surface area (Å²) in [6.45, 7) is 4.45. The van der Waals surface area contributed by atoms with Crippen LogP contribution in [0.1, 0.15) is 32.3 Å². The minimum absolute atomic E-state index is 0.450. The maximum atomic E-state index is 5.94. The van der Waals surface area contributed by atoms with E-state index in [0.29, 0.717) is 15.1 Å². The minimum Gasteiger partial charge on any atom is -0.0826 e. The SMILES string of the molecule is CC(C)CCCc1cc(Cl)c(Cl)c(Cl)c1. The zero-order valence-corrected chi connectivity index (χ0v) is 11.3. The van der Waals surface area contributed by atoms with E-state index in [1.54, 1.807) is 0 Å². The van der Waals surface area contributed by atoms with Crippen LogP contribution in [0.5, 0.6) is 0 Å². The second-order valence-electron chi connectivity index (χ2n) is 4.16. The molecule has 0 aliphatic rings. The van der Waals surface area contributed by atoms with Crippen LogP contribution in [-0.4, -0.2) is 0 Å². The highest BCUT2D eigenvalue weighted by Gasteiger charge is 2.05. The first-order valence-corrected chi connectivity index (χ1v) is 6.27. The van der Waals surface area contributed by atoms with Gasteiger partial charge < -0.3 is 0 Å². The Labute approximate surface area is 107 Å². The molecule has 0 aliphatic carbocycles. The highest BCUT2D eigenvalue weighted by molar-refractivity contribution is 6.48. The Morgan fingerprint density at radius 2 is 1.60 bits per heavy atom. The van der Waals surface area contributed by atoms with Crippen molar-refractivity contribution >= 4 is 34.8 Å². The van der Waals surface area contributed by atoms with Crippen molar-refractivity contribution in [1.29, 1.82) is 0 Å². The Kier molecular flexibility index (Phi) is 5.25. The predicted octanol–water partition coefficient (Wildman–Crippen LogP) is 5.63. The fourth-order valence-electron chi connectivity index (χ4n) is 1.47. The molecule has 0 nitrogen and oxygen atoms in total. The van der Waals surface area contributed by atoms with Crippen molar-refractivity contribution in [3.63, 3.8) is 0 Å². The molecular weight excluding hydrogens is 250 g/mol. The molecule has 0 radical (unpaired) electrons. The van der Waals surface area contributed by atoms with Gasteiger partial charge in [-0.15, -0.1) is 0 Å². The summed E-state index contributed by atoms with van der Waals surface area (Å²) in [5.74, 6) is 0.739. The third-order valence-electron chi connectivity index (χ3n) is 2.29. The second kappa shape index (κ2) is 5.98. The average molecular weight is 266 g/mol. The van der Waals surface area contributed by atoms with Crippen LogP contribution in [0.4, 0.5) is 0 Å². The second-order valence-corrected chi connectivity index (χ2v) is 5.35. The minimum atomic E-state index is 0.450. The molecule has 0 spiro atoms. The van der Waals surface area contributed by atoms with Gasteiger partial charge >= 0.3 is 0 Å². The Hall–Kier alpha value is 0.0900. The van der Waals surface area contributed by atoms with Crippen LogP contribution in [0, 0.1) is 5.92 Å². The van der Waals surface area contributed by atoms with Crippen LogP contribution in [0.3, 0.4) is 0 Å². The standard InChI is InChI=1S/C12H15Cl3/c1-8(2)4-3-5-9-6-10(13)12(15)11(14)7-9/h6-8H,3-5H2,1-2H3. The van der Waals surface area contributed by atoms with Gasteiger partial charge in [-0.3, -0.25) is 0 Å². The van der Waals surface area contributed by atoms with Crippen LogP contribution >= 0.6 is 34.8 Å². The predicted molar refractivity (Wildman–Crippen MR) is 69.2 cm³/mol. The summed E-state index contributed by atoms with van der Waals surface area (Å²) in [6, 6.07) is 3.80. The van der Waals surface area contributed by atoms with Gasteiger partial charge in [0.05, 0.1) is 15.1 Å². The summed E-state index contributed by atoms with van der Waals surface area (Å²) in [4.78, 5) is 0. The molecule has 0 unspecified atom stereocenters. The molecule has 0 N–H and O–H groups in total. The molecule has 0 saturated carbocycles. The summed E-state index contributed by atoms with van der Waals surface area (Å²) in [7, 11) is 0. The molecule has 84 valence electrons. The lowest BCUT2D eigenvalue weighted by Gasteiger charge is -2.07. The summed E-state index contributed by atoms with van der Waals surface area (Å²) >= 11 is 17.8. The summed E-state index contributed by atoms with van der Waals surface area (Å²) in [6.07, 6.45) is 3.39. The first kappa shape index (κ1) is 13.2. The van der Waals surface area contributed by atoms with Gasteiger partial charge in [-0.05, 0) is 36.5 Å². The molecule has 0 heterocycles. The zero-order valence-electron chi connectivity index (χ0n) is 8.99. The largest absolute Gasteiger partial charge is 0.0826 e. The number of hydrogen-bond donors (Lipinski definition) is 0. The molecule has 0 amide bonds. The molecule has 0 saturated heterocycles. The first-order valence-electron chi connectivity index (χ1n) is 5.14. The van der Waals surface area contributed by atoms with Crippen molar-refractivity contribution in [1.82, 2.24) is 0 Å². The van der Waals surface area contributed by atoms with E-state index < -0.39 is 0 Å². The van der Waals surface area contributed by atoms with E-state index in [9.17, 15) is 0 Å². The molecule has 1 rings (SSSR count). The quantitative estimate of drug-likeness (QED) is 0.619. The van der Waals surface area contributed by atoms with E-state index in [0.717, 1.165) is 24.3 Å². The van der Waals surface area contributed by atoms with Gasteiger partial charge in [0.2, 0.25) is 0 Å². The maximum absolute atomic E-state index is 5.94. The van der Waals surface area contributed by atoms with Gasteiger partial charge in [-0.2, -0.15) is 0 Å². The number of hydrogen-bond acceptors (Lipinski definition) is 0. The van der Waals surface area contributed by atoms with Crippen molar-refractivity contribution < 1.29 is 0 Å². The van der Waals surface area contributed by atoms with Crippen molar-refractivity contribution in [2.45, 2.75) is 33.1 Å². The van der Waals surface area contributed by atoms with E-state index in [4.69, 9.17) is 34.8 Å². The van der Waals surface area contributed by atoms with Crippen LogP contribution in [0.25, 0.3) is 0 Å². The molecule has 0 fully saturated rings. The fraction of sp³-hybridized carbons (Fsp3) is 0.500. The number of benzene rings is 1.